The molecule has 0 bridgehead atoms. The molecule has 0 aliphatic heterocycles. The van der Waals surface area contributed by atoms with Gasteiger partial charge in [0, 0.05) is 17.9 Å². The highest BCUT2D eigenvalue weighted by molar-refractivity contribution is 5.26. The molecule has 0 saturated carbocycles. The lowest BCUT2D eigenvalue weighted by Gasteiger charge is -2.19. The molecule has 1 unspecified atom stereocenters. The number of hydrogen-bond donors (Lipinski definition) is 1. The first-order valence-corrected chi connectivity index (χ1v) is 6.90. The molecule has 0 saturated heterocycles. The maximum absolute atomic E-state index is 4.28. The summed E-state index contributed by atoms with van der Waals surface area (Å²) >= 11 is 0. The van der Waals surface area contributed by atoms with Crippen molar-refractivity contribution in [3.63, 3.8) is 0 Å². The molecule has 2 heteroatoms. The lowest BCUT2D eigenvalue weighted by molar-refractivity contribution is 0.549. The third-order valence-corrected chi connectivity index (χ3v) is 3.30. The van der Waals surface area contributed by atoms with Crippen molar-refractivity contribution in [2.24, 2.45) is 0 Å². The van der Waals surface area contributed by atoms with Gasteiger partial charge in [-0.3, -0.25) is 4.98 Å². The Labute approximate surface area is 115 Å². The Kier molecular flexibility index (Phi) is 4.69. The number of aromatic nitrogens is 1. The Balaban J connectivity index is 2.21. The SMILES string of the molecule is CCNC(Cc1cccc(C)c1)c1ccnc(C)c1. The van der Waals surface area contributed by atoms with E-state index in [1.165, 1.54) is 16.7 Å². The van der Waals surface area contributed by atoms with Crippen LogP contribution in [0.15, 0.2) is 42.6 Å². The Morgan fingerprint density at radius 3 is 2.68 bits per heavy atom. The summed E-state index contributed by atoms with van der Waals surface area (Å²) in [6.45, 7) is 7.30. The number of pyridine rings is 1. The molecule has 1 aromatic carbocycles. The number of nitrogens with zero attached hydrogens (tertiary/aromatic N) is 1. The van der Waals surface area contributed by atoms with Crippen molar-refractivity contribution in [3.05, 3.63) is 65.0 Å². The zero-order valence-electron chi connectivity index (χ0n) is 12.0. The minimum atomic E-state index is 0.355. The normalized spacial score (nSPS) is 12.4. The molecule has 0 fully saturated rings. The van der Waals surface area contributed by atoms with E-state index >= 15 is 0 Å². The van der Waals surface area contributed by atoms with E-state index in [0.29, 0.717) is 6.04 Å². The number of hydrogen-bond acceptors (Lipinski definition) is 2. The van der Waals surface area contributed by atoms with Crippen LogP contribution in [0.25, 0.3) is 0 Å². The molecule has 0 aliphatic carbocycles. The largest absolute Gasteiger partial charge is 0.310 e. The van der Waals surface area contributed by atoms with Crippen molar-refractivity contribution in [1.29, 1.82) is 0 Å². The molecule has 0 spiro atoms. The van der Waals surface area contributed by atoms with Crippen molar-refractivity contribution >= 4 is 0 Å². The van der Waals surface area contributed by atoms with Crippen LogP contribution in [0.1, 0.15) is 35.3 Å². The van der Waals surface area contributed by atoms with Gasteiger partial charge in [0.05, 0.1) is 0 Å². The van der Waals surface area contributed by atoms with Gasteiger partial charge < -0.3 is 5.32 Å². The van der Waals surface area contributed by atoms with Crippen LogP contribution < -0.4 is 5.32 Å². The molecular formula is C17H22N2. The van der Waals surface area contributed by atoms with E-state index in [0.717, 1.165) is 18.7 Å². The van der Waals surface area contributed by atoms with E-state index in [1.54, 1.807) is 0 Å². The van der Waals surface area contributed by atoms with Crippen LogP contribution in [-0.2, 0) is 6.42 Å². The summed E-state index contributed by atoms with van der Waals surface area (Å²) in [6, 6.07) is 13.4. The predicted molar refractivity (Wildman–Crippen MR) is 80.3 cm³/mol. The number of rotatable bonds is 5. The van der Waals surface area contributed by atoms with Crippen molar-refractivity contribution < 1.29 is 0 Å². The minimum absolute atomic E-state index is 0.355. The molecule has 1 atom stereocenters. The van der Waals surface area contributed by atoms with Gasteiger partial charge in [-0.05, 0) is 50.1 Å². The molecule has 1 heterocycles. The van der Waals surface area contributed by atoms with Crippen LogP contribution in [0.4, 0.5) is 0 Å². The van der Waals surface area contributed by atoms with E-state index in [-0.39, 0.29) is 0 Å². The molecule has 2 nitrogen and oxygen atoms in total. The number of likely N-dealkylation sites (N-methyl/N-ethyl adjacent to an activating group) is 1. The van der Waals surface area contributed by atoms with Crippen molar-refractivity contribution in [2.45, 2.75) is 33.2 Å². The molecule has 2 rings (SSSR count). The van der Waals surface area contributed by atoms with E-state index in [1.807, 2.05) is 13.1 Å². The van der Waals surface area contributed by atoms with E-state index in [2.05, 4.69) is 60.5 Å². The maximum Gasteiger partial charge on any atom is 0.0375 e. The van der Waals surface area contributed by atoms with Crippen molar-refractivity contribution in [3.8, 4) is 0 Å². The van der Waals surface area contributed by atoms with E-state index < -0.39 is 0 Å². The van der Waals surface area contributed by atoms with Gasteiger partial charge in [0.1, 0.15) is 0 Å². The van der Waals surface area contributed by atoms with Gasteiger partial charge in [-0.25, -0.2) is 0 Å². The lowest BCUT2D eigenvalue weighted by Crippen LogP contribution is -2.23. The second-order valence-corrected chi connectivity index (χ2v) is 5.03. The summed E-state index contributed by atoms with van der Waals surface area (Å²) in [6.07, 6.45) is 2.91. The van der Waals surface area contributed by atoms with Crippen molar-refractivity contribution in [2.75, 3.05) is 6.54 Å². The topological polar surface area (TPSA) is 24.9 Å². The highest BCUT2D eigenvalue weighted by Crippen LogP contribution is 2.19. The number of nitrogens with one attached hydrogen (secondary N) is 1. The van der Waals surface area contributed by atoms with Gasteiger partial charge in [0.25, 0.3) is 0 Å². The predicted octanol–water partition coefficient (Wildman–Crippen LogP) is 3.59. The quantitative estimate of drug-likeness (QED) is 0.882. The molecule has 1 N–H and O–H groups in total. The fourth-order valence-corrected chi connectivity index (χ4v) is 2.41. The van der Waals surface area contributed by atoms with E-state index in [9.17, 15) is 0 Å². The summed E-state index contributed by atoms with van der Waals surface area (Å²) in [5.74, 6) is 0. The maximum atomic E-state index is 4.28. The first-order chi connectivity index (χ1) is 9.19. The monoisotopic (exact) mass is 254 g/mol. The summed E-state index contributed by atoms with van der Waals surface area (Å²) in [5.41, 5.74) is 5.08. The molecule has 1 aromatic heterocycles. The Morgan fingerprint density at radius 1 is 1.16 bits per heavy atom. The Hall–Kier alpha value is -1.67. The van der Waals surface area contributed by atoms with Gasteiger partial charge in [-0.1, -0.05) is 36.8 Å². The third kappa shape index (κ3) is 3.90. The first-order valence-electron chi connectivity index (χ1n) is 6.90. The second kappa shape index (κ2) is 6.48. The minimum Gasteiger partial charge on any atom is -0.310 e. The molecular weight excluding hydrogens is 232 g/mol. The average molecular weight is 254 g/mol. The van der Waals surface area contributed by atoms with Gasteiger partial charge in [-0.15, -0.1) is 0 Å². The highest BCUT2D eigenvalue weighted by Gasteiger charge is 2.11. The zero-order chi connectivity index (χ0) is 13.7. The first kappa shape index (κ1) is 13.8. The zero-order valence-corrected chi connectivity index (χ0v) is 12.0. The smallest absolute Gasteiger partial charge is 0.0375 e. The van der Waals surface area contributed by atoms with Crippen LogP contribution in [-0.4, -0.2) is 11.5 Å². The van der Waals surface area contributed by atoms with Crippen LogP contribution in [0.3, 0.4) is 0 Å². The summed E-state index contributed by atoms with van der Waals surface area (Å²) in [4.78, 5) is 4.28. The Bertz CT molecular complexity index is 534. The van der Waals surface area contributed by atoms with Crippen molar-refractivity contribution in [1.82, 2.24) is 10.3 Å². The fraction of sp³-hybridized carbons (Fsp3) is 0.353. The molecule has 100 valence electrons. The van der Waals surface area contributed by atoms with Gasteiger partial charge >= 0.3 is 0 Å². The summed E-state index contributed by atoms with van der Waals surface area (Å²) in [5, 5.41) is 3.57. The van der Waals surface area contributed by atoms with Gasteiger partial charge in [0.2, 0.25) is 0 Å². The van der Waals surface area contributed by atoms with E-state index in [4.69, 9.17) is 0 Å². The lowest BCUT2D eigenvalue weighted by atomic mass is 9.98. The number of aryl methyl sites for hydroxylation is 2. The highest BCUT2D eigenvalue weighted by atomic mass is 14.9. The fourth-order valence-electron chi connectivity index (χ4n) is 2.41. The van der Waals surface area contributed by atoms with Gasteiger partial charge in [-0.2, -0.15) is 0 Å². The molecule has 2 aromatic rings. The van der Waals surface area contributed by atoms with Crippen LogP contribution >= 0.6 is 0 Å². The number of benzene rings is 1. The van der Waals surface area contributed by atoms with Crippen LogP contribution in [0.2, 0.25) is 0 Å². The van der Waals surface area contributed by atoms with Crippen LogP contribution in [0.5, 0.6) is 0 Å². The third-order valence-electron chi connectivity index (χ3n) is 3.30. The van der Waals surface area contributed by atoms with Gasteiger partial charge in [0.15, 0.2) is 0 Å². The second-order valence-electron chi connectivity index (χ2n) is 5.03. The molecule has 0 amide bonds. The standard InChI is InChI=1S/C17H22N2/c1-4-18-17(16-8-9-19-14(3)11-16)12-15-7-5-6-13(2)10-15/h5-11,17-18H,4,12H2,1-3H3. The molecule has 0 aliphatic rings. The van der Waals surface area contributed by atoms with Crippen LogP contribution in [0, 0.1) is 13.8 Å². The summed E-state index contributed by atoms with van der Waals surface area (Å²) in [7, 11) is 0. The molecule has 0 radical (unpaired) electrons. The molecule has 19 heavy (non-hydrogen) atoms. The Morgan fingerprint density at radius 2 is 2.00 bits per heavy atom. The summed E-state index contributed by atoms with van der Waals surface area (Å²) < 4.78 is 0. The average Bonchev–Trinajstić information content (AvgIpc) is 2.38.